The molecular weight excluding hydrogens is 312 g/mol. The summed E-state index contributed by atoms with van der Waals surface area (Å²) >= 11 is 8.78. The van der Waals surface area contributed by atoms with E-state index >= 15 is 0 Å². The Balaban J connectivity index is 2.25. The number of halogens is 2. The van der Waals surface area contributed by atoms with Gasteiger partial charge in [0.15, 0.2) is 0 Å². The van der Waals surface area contributed by atoms with Crippen LogP contribution in [0.2, 0.25) is 0 Å². The SMILES string of the molecule is BrCCCCSc1ccc(Br)cc1. The molecule has 1 aromatic rings. The first-order chi connectivity index (χ1) is 6.33. The molecule has 0 atom stereocenters. The highest BCUT2D eigenvalue weighted by Gasteiger charge is 1.93. The van der Waals surface area contributed by atoms with E-state index in [2.05, 4.69) is 56.1 Å². The number of hydrogen-bond acceptors (Lipinski definition) is 1. The maximum atomic E-state index is 3.43. The van der Waals surface area contributed by atoms with Crippen LogP contribution in [0, 0.1) is 0 Å². The van der Waals surface area contributed by atoms with Crippen molar-refractivity contribution in [3.8, 4) is 0 Å². The van der Waals surface area contributed by atoms with Crippen molar-refractivity contribution >= 4 is 43.6 Å². The summed E-state index contributed by atoms with van der Waals surface area (Å²) in [4.78, 5) is 1.36. The summed E-state index contributed by atoms with van der Waals surface area (Å²) < 4.78 is 1.15. The molecule has 0 unspecified atom stereocenters. The topological polar surface area (TPSA) is 0 Å². The summed E-state index contributed by atoms with van der Waals surface area (Å²) in [7, 11) is 0. The lowest BCUT2D eigenvalue weighted by molar-refractivity contribution is 0.913. The van der Waals surface area contributed by atoms with Crippen LogP contribution in [-0.4, -0.2) is 11.1 Å². The number of unbranched alkanes of at least 4 members (excludes halogenated alkanes) is 1. The van der Waals surface area contributed by atoms with Crippen molar-refractivity contribution in [2.75, 3.05) is 11.1 Å². The molecule has 0 heterocycles. The Labute approximate surface area is 101 Å². The molecule has 0 saturated heterocycles. The second-order valence-corrected chi connectivity index (χ2v) is 5.58. The number of hydrogen-bond donors (Lipinski definition) is 0. The smallest absolute Gasteiger partial charge is 0.0176 e. The van der Waals surface area contributed by atoms with E-state index in [0.29, 0.717) is 0 Å². The molecule has 0 spiro atoms. The molecule has 72 valence electrons. The van der Waals surface area contributed by atoms with Gasteiger partial charge in [-0.25, -0.2) is 0 Å². The molecule has 0 aliphatic carbocycles. The monoisotopic (exact) mass is 322 g/mol. The van der Waals surface area contributed by atoms with Crippen molar-refractivity contribution < 1.29 is 0 Å². The minimum Gasteiger partial charge on any atom is -0.126 e. The highest BCUT2D eigenvalue weighted by atomic mass is 79.9. The summed E-state index contributed by atoms with van der Waals surface area (Å²) in [5.41, 5.74) is 0. The predicted molar refractivity (Wildman–Crippen MR) is 67.9 cm³/mol. The normalized spacial score (nSPS) is 10.3. The molecule has 0 amide bonds. The molecule has 0 fully saturated rings. The first-order valence-electron chi connectivity index (χ1n) is 4.27. The predicted octanol–water partition coefficient (Wildman–Crippen LogP) is 4.72. The Hall–Kier alpha value is 0.530. The van der Waals surface area contributed by atoms with E-state index in [1.807, 2.05) is 11.8 Å². The van der Waals surface area contributed by atoms with Crippen LogP contribution in [0.4, 0.5) is 0 Å². The van der Waals surface area contributed by atoms with E-state index in [1.54, 1.807) is 0 Å². The lowest BCUT2D eigenvalue weighted by atomic mass is 10.4. The minimum absolute atomic E-state index is 1.12. The van der Waals surface area contributed by atoms with E-state index in [4.69, 9.17) is 0 Å². The number of thioether (sulfide) groups is 1. The van der Waals surface area contributed by atoms with Gasteiger partial charge in [0, 0.05) is 14.7 Å². The Morgan fingerprint density at radius 1 is 1.08 bits per heavy atom. The molecule has 0 saturated carbocycles. The van der Waals surface area contributed by atoms with Crippen LogP contribution in [0.3, 0.4) is 0 Å². The Morgan fingerprint density at radius 2 is 1.77 bits per heavy atom. The maximum Gasteiger partial charge on any atom is 0.0176 e. The van der Waals surface area contributed by atoms with E-state index in [0.717, 1.165) is 9.80 Å². The molecule has 0 radical (unpaired) electrons. The van der Waals surface area contributed by atoms with Gasteiger partial charge in [-0.2, -0.15) is 0 Å². The van der Waals surface area contributed by atoms with Gasteiger partial charge in [-0.05, 0) is 42.9 Å². The second kappa shape index (κ2) is 6.91. The van der Waals surface area contributed by atoms with Crippen molar-refractivity contribution in [3.05, 3.63) is 28.7 Å². The zero-order valence-electron chi connectivity index (χ0n) is 7.30. The highest BCUT2D eigenvalue weighted by molar-refractivity contribution is 9.10. The summed E-state index contributed by atoms with van der Waals surface area (Å²) in [5.74, 6) is 1.22. The largest absolute Gasteiger partial charge is 0.126 e. The number of alkyl halides is 1. The van der Waals surface area contributed by atoms with Gasteiger partial charge in [0.1, 0.15) is 0 Å². The van der Waals surface area contributed by atoms with Crippen LogP contribution in [0.5, 0.6) is 0 Å². The van der Waals surface area contributed by atoms with Crippen LogP contribution in [0.1, 0.15) is 12.8 Å². The van der Waals surface area contributed by atoms with Crippen LogP contribution in [0.15, 0.2) is 33.6 Å². The van der Waals surface area contributed by atoms with E-state index in [1.165, 1.54) is 23.5 Å². The number of benzene rings is 1. The van der Waals surface area contributed by atoms with Crippen LogP contribution in [0.25, 0.3) is 0 Å². The third-order valence-corrected chi connectivity index (χ3v) is 3.80. The molecule has 0 N–H and O–H groups in total. The fourth-order valence-electron chi connectivity index (χ4n) is 0.917. The van der Waals surface area contributed by atoms with Gasteiger partial charge in [-0.1, -0.05) is 31.9 Å². The molecule has 1 aromatic carbocycles. The summed E-state index contributed by atoms with van der Waals surface area (Å²) in [6.45, 7) is 0. The van der Waals surface area contributed by atoms with Gasteiger partial charge in [0.2, 0.25) is 0 Å². The third kappa shape index (κ3) is 5.08. The van der Waals surface area contributed by atoms with Gasteiger partial charge in [-0.15, -0.1) is 11.8 Å². The van der Waals surface area contributed by atoms with E-state index < -0.39 is 0 Å². The maximum absolute atomic E-state index is 3.43. The summed E-state index contributed by atoms with van der Waals surface area (Å²) in [5, 5.41) is 1.12. The quantitative estimate of drug-likeness (QED) is 0.429. The zero-order chi connectivity index (χ0) is 9.52. The highest BCUT2D eigenvalue weighted by Crippen LogP contribution is 2.21. The average molecular weight is 324 g/mol. The van der Waals surface area contributed by atoms with Crippen LogP contribution in [-0.2, 0) is 0 Å². The van der Waals surface area contributed by atoms with Gasteiger partial charge in [-0.3, -0.25) is 0 Å². The second-order valence-electron chi connectivity index (χ2n) is 2.70. The first-order valence-corrected chi connectivity index (χ1v) is 7.17. The molecule has 0 aliphatic heterocycles. The van der Waals surface area contributed by atoms with Gasteiger partial charge < -0.3 is 0 Å². The zero-order valence-corrected chi connectivity index (χ0v) is 11.3. The van der Waals surface area contributed by atoms with Gasteiger partial charge >= 0.3 is 0 Å². The Kier molecular flexibility index (Phi) is 6.16. The van der Waals surface area contributed by atoms with Crippen LogP contribution < -0.4 is 0 Å². The fraction of sp³-hybridized carbons (Fsp3) is 0.400. The minimum atomic E-state index is 1.12. The molecule has 0 bridgehead atoms. The van der Waals surface area contributed by atoms with Crippen molar-refractivity contribution in [1.82, 2.24) is 0 Å². The fourth-order valence-corrected chi connectivity index (χ4v) is 2.49. The van der Waals surface area contributed by atoms with Crippen LogP contribution >= 0.6 is 43.6 Å². The molecule has 0 nitrogen and oxygen atoms in total. The molecule has 0 aromatic heterocycles. The molecular formula is C10H12Br2S. The third-order valence-electron chi connectivity index (χ3n) is 1.61. The standard InChI is InChI=1S/C10H12Br2S/c11-7-1-2-8-13-10-5-3-9(12)4-6-10/h3-6H,1-2,7-8H2. The van der Waals surface area contributed by atoms with E-state index in [9.17, 15) is 0 Å². The lowest BCUT2D eigenvalue weighted by Gasteiger charge is -2.00. The van der Waals surface area contributed by atoms with Crippen molar-refractivity contribution in [2.24, 2.45) is 0 Å². The van der Waals surface area contributed by atoms with E-state index in [-0.39, 0.29) is 0 Å². The summed E-state index contributed by atoms with van der Waals surface area (Å²) in [6.07, 6.45) is 2.55. The van der Waals surface area contributed by atoms with Crippen molar-refractivity contribution in [2.45, 2.75) is 17.7 Å². The summed E-state index contributed by atoms with van der Waals surface area (Å²) in [6, 6.07) is 8.49. The Bertz CT molecular complexity index is 233. The van der Waals surface area contributed by atoms with Crippen molar-refractivity contribution in [1.29, 1.82) is 0 Å². The lowest BCUT2D eigenvalue weighted by Crippen LogP contribution is -1.81. The molecule has 0 aliphatic rings. The molecule has 3 heteroatoms. The first kappa shape index (κ1) is 11.6. The van der Waals surface area contributed by atoms with Crippen molar-refractivity contribution in [3.63, 3.8) is 0 Å². The average Bonchev–Trinajstić information content (AvgIpc) is 2.15. The number of rotatable bonds is 5. The molecule has 13 heavy (non-hydrogen) atoms. The Morgan fingerprint density at radius 3 is 2.38 bits per heavy atom. The molecule has 1 rings (SSSR count). The van der Waals surface area contributed by atoms with Gasteiger partial charge in [0.05, 0.1) is 0 Å². The van der Waals surface area contributed by atoms with Gasteiger partial charge in [0.25, 0.3) is 0 Å².